The van der Waals surface area contributed by atoms with Crippen LogP contribution < -0.4 is 0 Å². The van der Waals surface area contributed by atoms with Gasteiger partial charge >= 0.3 is 0 Å². The first-order valence-corrected chi connectivity index (χ1v) is 2.47. The largest absolute Gasteiger partial charge is 0.337 e. The average molecular weight is 118 g/mol. The van der Waals surface area contributed by atoms with Crippen LogP contribution in [0, 0.1) is 12.1 Å². The van der Waals surface area contributed by atoms with E-state index in [1.54, 1.807) is 12.1 Å². The van der Waals surface area contributed by atoms with Crippen LogP contribution in [0.15, 0.2) is 16.7 Å². The Labute approximate surface area is 51.3 Å². The summed E-state index contributed by atoms with van der Waals surface area (Å²) in [5.41, 5.74) is 1.27. The number of rotatable bonds is 0. The highest BCUT2D eigenvalue weighted by atomic mass is 16.5. The predicted octanol–water partition coefficient (Wildman–Crippen LogP) is 0.823. The average Bonchev–Trinajstić information content (AvgIpc) is 2.33. The number of benzene rings is 1. The Morgan fingerprint density at radius 3 is 3.44 bits per heavy atom. The Kier molecular flexibility index (Phi) is 0.773. The molecule has 0 aliphatic heterocycles. The molecule has 3 nitrogen and oxygen atoms in total. The Balaban J connectivity index is 2.95. The quantitative estimate of drug-likeness (QED) is 0.514. The van der Waals surface area contributed by atoms with E-state index in [4.69, 9.17) is 4.52 Å². The lowest BCUT2D eigenvalue weighted by Crippen LogP contribution is -1.65. The van der Waals surface area contributed by atoms with Gasteiger partial charge < -0.3 is 4.52 Å². The van der Waals surface area contributed by atoms with Crippen LogP contribution in [0.3, 0.4) is 0 Å². The number of hydrogen-bond acceptors (Lipinski definition) is 3. The van der Waals surface area contributed by atoms with Crippen LogP contribution in [0.1, 0.15) is 0 Å². The van der Waals surface area contributed by atoms with Crippen molar-refractivity contribution < 1.29 is 4.52 Å². The Bertz CT molecular complexity index is 285. The molecule has 1 aromatic heterocycles. The van der Waals surface area contributed by atoms with E-state index in [2.05, 4.69) is 22.5 Å². The maximum atomic E-state index is 4.69. The van der Waals surface area contributed by atoms with Gasteiger partial charge in [-0.05, 0) is 18.2 Å². The third kappa shape index (κ3) is 0.579. The molecular formula is C6H2N2O. The van der Waals surface area contributed by atoms with E-state index in [1.807, 2.05) is 0 Å². The molecule has 0 saturated heterocycles. The van der Waals surface area contributed by atoms with Crippen LogP contribution in [0.25, 0.3) is 11.1 Å². The van der Waals surface area contributed by atoms with Gasteiger partial charge in [0, 0.05) is 11.3 Å². The summed E-state index contributed by atoms with van der Waals surface area (Å²) in [5, 5.41) is 6.95. The van der Waals surface area contributed by atoms with Crippen molar-refractivity contribution in [3.05, 3.63) is 24.3 Å². The lowest BCUT2D eigenvalue weighted by Gasteiger charge is -1.75. The van der Waals surface area contributed by atoms with Crippen molar-refractivity contribution in [2.24, 2.45) is 0 Å². The Hall–Kier alpha value is -1.38. The minimum atomic E-state index is 0.623. The topological polar surface area (TPSA) is 38.9 Å². The van der Waals surface area contributed by atoms with Crippen molar-refractivity contribution in [1.82, 2.24) is 10.4 Å². The molecule has 0 saturated carbocycles. The molecule has 42 valence electrons. The fourth-order valence-electron chi connectivity index (χ4n) is 0.620. The van der Waals surface area contributed by atoms with Gasteiger partial charge in [0.05, 0.1) is 0 Å². The van der Waals surface area contributed by atoms with Gasteiger partial charge in [0.2, 0.25) is 0 Å². The second-order valence-electron chi connectivity index (χ2n) is 1.59. The summed E-state index contributed by atoms with van der Waals surface area (Å²) in [6, 6.07) is 8.92. The zero-order valence-corrected chi connectivity index (χ0v) is 4.46. The summed E-state index contributed by atoms with van der Waals surface area (Å²) in [6.07, 6.45) is 0. The summed E-state index contributed by atoms with van der Waals surface area (Å²) in [7, 11) is 0. The maximum absolute atomic E-state index is 4.69. The van der Waals surface area contributed by atoms with Crippen LogP contribution in [0.5, 0.6) is 0 Å². The van der Waals surface area contributed by atoms with E-state index in [9.17, 15) is 0 Å². The molecule has 1 heterocycles. The van der Waals surface area contributed by atoms with Gasteiger partial charge in [0.15, 0.2) is 5.58 Å². The molecule has 0 unspecified atom stereocenters. The highest BCUT2D eigenvalue weighted by Crippen LogP contribution is 2.05. The van der Waals surface area contributed by atoms with Crippen LogP contribution >= 0.6 is 0 Å². The van der Waals surface area contributed by atoms with Gasteiger partial charge in [-0.15, -0.1) is 5.10 Å². The lowest BCUT2D eigenvalue weighted by atomic mass is 10.3. The summed E-state index contributed by atoms with van der Waals surface area (Å²) in [5.74, 6) is 0. The van der Waals surface area contributed by atoms with Gasteiger partial charge in [-0.2, -0.15) is 0 Å². The first-order valence-electron chi connectivity index (χ1n) is 2.47. The molecule has 0 atom stereocenters. The molecule has 0 aliphatic rings. The predicted molar refractivity (Wildman–Crippen MR) is 29.5 cm³/mol. The highest BCUT2D eigenvalue weighted by Gasteiger charge is 1.94. The molecule has 0 fully saturated rings. The number of fused-ring (bicyclic) bond motifs is 1. The molecule has 3 heteroatoms. The molecule has 0 N–H and O–H groups in total. The number of nitrogens with zero attached hydrogens (tertiary/aromatic N) is 2. The van der Waals surface area contributed by atoms with Gasteiger partial charge in [0.25, 0.3) is 0 Å². The van der Waals surface area contributed by atoms with Crippen molar-refractivity contribution in [3.8, 4) is 0 Å². The highest BCUT2D eigenvalue weighted by molar-refractivity contribution is 5.69. The van der Waals surface area contributed by atoms with Crippen molar-refractivity contribution in [1.29, 1.82) is 0 Å². The standard InChI is InChI=1S/C6H2N2O/c1-2-4-6-5(3-1)7-8-9-6/h1,4H. The number of aromatic nitrogens is 2. The molecule has 9 heavy (non-hydrogen) atoms. The van der Waals surface area contributed by atoms with Crippen LogP contribution in [-0.2, 0) is 0 Å². The molecule has 0 amide bonds. The van der Waals surface area contributed by atoms with Crippen LogP contribution in [0.4, 0.5) is 0 Å². The van der Waals surface area contributed by atoms with E-state index >= 15 is 0 Å². The molecule has 0 aliphatic carbocycles. The Morgan fingerprint density at radius 1 is 1.56 bits per heavy atom. The van der Waals surface area contributed by atoms with Crippen molar-refractivity contribution in [2.45, 2.75) is 0 Å². The van der Waals surface area contributed by atoms with Crippen LogP contribution in [0.2, 0.25) is 0 Å². The molecule has 2 aromatic rings. The van der Waals surface area contributed by atoms with Crippen LogP contribution in [-0.4, -0.2) is 10.4 Å². The Morgan fingerprint density at radius 2 is 2.56 bits per heavy atom. The molecule has 1 aromatic carbocycles. The fraction of sp³-hybridized carbons (Fsp3) is 0. The first kappa shape index (κ1) is 4.49. The van der Waals surface area contributed by atoms with Crippen molar-refractivity contribution in [3.63, 3.8) is 0 Å². The zero-order chi connectivity index (χ0) is 6.10. The third-order valence-electron chi connectivity index (χ3n) is 1.02. The monoisotopic (exact) mass is 118 g/mol. The summed E-state index contributed by atoms with van der Waals surface area (Å²) >= 11 is 0. The van der Waals surface area contributed by atoms with Gasteiger partial charge in [0.1, 0.15) is 5.52 Å². The second-order valence-corrected chi connectivity index (χ2v) is 1.59. The summed E-state index contributed by atoms with van der Waals surface area (Å²) in [4.78, 5) is 0. The van der Waals surface area contributed by atoms with E-state index < -0.39 is 0 Å². The first-order chi connectivity index (χ1) is 4.47. The SMILES string of the molecule is [c]1c[c]c2nnoc2c1. The molecular weight excluding hydrogens is 116 g/mol. The van der Waals surface area contributed by atoms with E-state index in [0.717, 1.165) is 0 Å². The van der Waals surface area contributed by atoms with E-state index in [-0.39, 0.29) is 0 Å². The normalized spacial score (nSPS) is 10.2. The lowest BCUT2D eigenvalue weighted by molar-refractivity contribution is 0.424. The molecule has 0 bridgehead atoms. The maximum Gasteiger partial charge on any atom is 0.188 e. The van der Waals surface area contributed by atoms with E-state index in [1.165, 1.54) is 0 Å². The van der Waals surface area contributed by atoms with Crippen molar-refractivity contribution in [2.75, 3.05) is 0 Å². The number of hydrogen-bond donors (Lipinski definition) is 0. The summed E-state index contributed by atoms with van der Waals surface area (Å²) in [6.45, 7) is 0. The molecule has 2 rings (SSSR count). The minimum Gasteiger partial charge on any atom is -0.337 e. The van der Waals surface area contributed by atoms with Gasteiger partial charge in [-0.1, -0.05) is 0 Å². The smallest absolute Gasteiger partial charge is 0.188 e. The molecule has 0 spiro atoms. The second kappa shape index (κ2) is 1.55. The fourth-order valence-corrected chi connectivity index (χ4v) is 0.620. The minimum absolute atomic E-state index is 0.623. The zero-order valence-electron chi connectivity index (χ0n) is 4.46. The van der Waals surface area contributed by atoms with E-state index in [0.29, 0.717) is 11.1 Å². The van der Waals surface area contributed by atoms with Gasteiger partial charge in [-0.3, -0.25) is 0 Å². The van der Waals surface area contributed by atoms with Gasteiger partial charge in [-0.25, -0.2) is 0 Å². The summed E-state index contributed by atoms with van der Waals surface area (Å²) < 4.78 is 4.69. The van der Waals surface area contributed by atoms with Crippen molar-refractivity contribution >= 4 is 11.1 Å². The molecule has 2 radical (unpaired) electrons. The third-order valence-corrected chi connectivity index (χ3v) is 1.02.